The number of rotatable bonds is 7. The number of unbranched alkanes of at least 4 members (excludes halogenated alkanes) is 2. The Morgan fingerprint density at radius 3 is 2.57 bits per heavy atom. The second kappa shape index (κ2) is 9.19. The molecule has 0 spiro atoms. The summed E-state index contributed by atoms with van der Waals surface area (Å²) in [6, 6.07) is 4.88. The lowest BCUT2D eigenvalue weighted by molar-refractivity contribution is -0.138. The lowest BCUT2D eigenvalue weighted by Crippen LogP contribution is -2.07. The maximum Gasteiger partial charge on any atom is 0.336 e. The molecule has 0 bridgehead atoms. The zero-order valence-electron chi connectivity index (χ0n) is 12.2. The molecular weight excluding hydrogens is 292 g/mol. The van der Waals surface area contributed by atoms with E-state index in [1.54, 1.807) is 18.2 Å². The third kappa shape index (κ3) is 6.95. The van der Waals surface area contributed by atoms with Crippen molar-refractivity contribution in [2.45, 2.75) is 33.1 Å². The van der Waals surface area contributed by atoms with E-state index in [4.69, 9.17) is 21.1 Å². The lowest BCUT2D eigenvalue weighted by Gasteiger charge is -2.03. The fraction of sp³-hybridized carbons (Fsp3) is 0.375. The number of benzene rings is 1. The third-order valence-corrected chi connectivity index (χ3v) is 3.12. The van der Waals surface area contributed by atoms with Gasteiger partial charge >= 0.3 is 11.9 Å². The summed E-state index contributed by atoms with van der Waals surface area (Å²) in [7, 11) is 0. The summed E-state index contributed by atoms with van der Waals surface area (Å²) < 4.78 is 9.98. The van der Waals surface area contributed by atoms with Gasteiger partial charge in [-0.1, -0.05) is 31.4 Å². The molecule has 0 fully saturated rings. The maximum atomic E-state index is 11.5. The van der Waals surface area contributed by atoms with Gasteiger partial charge in [-0.05, 0) is 37.1 Å². The molecule has 21 heavy (non-hydrogen) atoms. The summed E-state index contributed by atoms with van der Waals surface area (Å²) in [6.45, 7) is 4.24. The van der Waals surface area contributed by atoms with Crippen LogP contribution >= 0.6 is 11.6 Å². The molecule has 1 aromatic rings. The first-order chi connectivity index (χ1) is 10.0. The molecular formula is C16H19ClO4. The van der Waals surface area contributed by atoms with Gasteiger partial charge in [-0.3, -0.25) is 0 Å². The smallest absolute Gasteiger partial charge is 0.336 e. The van der Waals surface area contributed by atoms with Crippen LogP contribution < -0.4 is 4.74 Å². The number of hydrogen-bond acceptors (Lipinski definition) is 4. The van der Waals surface area contributed by atoms with Crippen LogP contribution in [0.5, 0.6) is 5.75 Å². The van der Waals surface area contributed by atoms with Crippen molar-refractivity contribution in [2.75, 3.05) is 6.61 Å². The molecule has 0 radical (unpaired) electrons. The van der Waals surface area contributed by atoms with Gasteiger partial charge in [0.15, 0.2) is 0 Å². The van der Waals surface area contributed by atoms with Crippen molar-refractivity contribution in [3.63, 3.8) is 0 Å². The quantitative estimate of drug-likeness (QED) is 0.332. The van der Waals surface area contributed by atoms with Crippen LogP contribution in [0.15, 0.2) is 30.4 Å². The zero-order valence-corrected chi connectivity index (χ0v) is 13.0. The van der Waals surface area contributed by atoms with Crippen LogP contribution in [0.3, 0.4) is 0 Å². The van der Waals surface area contributed by atoms with E-state index >= 15 is 0 Å². The average Bonchev–Trinajstić information content (AvgIpc) is 2.45. The highest BCUT2D eigenvalue weighted by molar-refractivity contribution is 6.31. The summed E-state index contributed by atoms with van der Waals surface area (Å²) in [5, 5.41) is 0.598. The topological polar surface area (TPSA) is 52.6 Å². The first kappa shape index (κ1) is 17.2. The number of ether oxygens (including phenoxy) is 2. The molecule has 1 rings (SSSR count). The molecule has 0 saturated heterocycles. The largest absolute Gasteiger partial charge is 0.463 e. The van der Waals surface area contributed by atoms with Crippen LogP contribution in [-0.2, 0) is 14.3 Å². The Hall–Kier alpha value is -1.81. The molecule has 4 nitrogen and oxygen atoms in total. The zero-order chi connectivity index (χ0) is 15.7. The normalized spacial score (nSPS) is 10.6. The number of carbonyl (C=O) groups is 2. The number of aryl methyl sites for hydroxylation is 1. The van der Waals surface area contributed by atoms with Crippen LogP contribution in [0, 0.1) is 6.92 Å². The minimum atomic E-state index is -0.637. The number of hydrogen-bond donors (Lipinski definition) is 0. The van der Waals surface area contributed by atoms with E-state index in [0.29, 0.717) is 17.4 Å². The van der Waals surface area contributed by atoms with Crippen LogP contribution in [0.2, 0.25) is 5.02 Å². The van der Waals surface area contributed by atoms with Gasteiger partial charge < -0.3 is 9.47 Å². The van der Waals surface area contributed by atoms with E-state index in [9.17, 15) is 9.59 Å². The molecule has 0 atom stereocenters. The SMILES string of the molecule is CCCCCOC(=O)/C=C/C(=O)Oc1ccc(Cl)c(C)c1. The van der Waals surface area contributed by atoms with Crippen molar-refractivity contribution in [2.24, 2.45) is 0 Å². The lowest BCUT2D eigenvalue weighted by atomic mass is 10.2. The van der Waals surface area contributed by atoms with E-state index < -0.39 is 11.9 Å². The van der Waals surface area contributed by atoms with Crippen LogP contribution in [0.25, 0.3) is 0 Å². The van der Waals surface area contributed by atoms with Crippen molar-refractivity contribution < 1.29 is 19.1 Å². The summed E-state index contributed by atoms with van der Waals surface area (Å²) in [4.78, 5) is 22.9. The number of carbonyl (C=O) groups excluding carboxylic acids is 2. The second-order valence-electron chi connectivity index (χ2n) is 4.54. The van der Waals surface area contributed by atoms with E-state index in [0.717, 1.165) is 37.0 Å². The summed E-state index contributed by atoms with van der Waals surface area (Å²) >= 11 is 5.88. The minimum absolute atomic E-state index is 0.364. The van der Waals surface area contributed by atoms with Crippen LogP contribution in [0.1, 0.15) is 31.7 Å². The van der Waals surface area contributed by atoms with Gasteiger partial charge in [0, 0.05) is 17.2 Å². The molecule has 1 aromatic carbocycles. The number of halogens is 1. The fourth-order valence-corrected chi connectivity index (χ4v) is 1.66. The molecule has 0 aromatic heterocycles. The molecule has 0 aliphatic heterocycles. The highest BCUT2D eigenvalue weighted by Crippen LogP contribution is 2.21. The Kier molecular flexibility index (Phi) is 7.54. The summed E-state index contributed by atoms with van der Waals surface area (Å²) in [5.74, 6) is -0.805. The monoisotopic (exact) mass is 310 g/mol. The highest BCUT2D eigenvalue weighted by atomic mass is 35.5. The van der Waals surface area contributed by atoms with Gasteiger partial charge in [-0.15, -0.1) is 0 Å². The van der Waals surface area contributed by atoms with Gasteiger partial charge in [0.1, 0.15) is 5.75 Å². The van der Waals surface area contributed by atoms with Gasteiger partial charge in [-0.2, -0.15) is 0 Å². The molecule has 0 amide bonds. The van der Waals surface area contributed by atoms with E-state index in [-0.39, 0.29) is 0 Å². The minimum Gasteiger partial charge on any atom is -0.463 e. The Morgan fingerprint density at radius 2 is 1.90 bits per heavy atom. The van der Waals surface area contributed by atoms with Gasteiger partial charge in [0.25, 0.3) is 0 Å². The van der Waals surface area contributed by atoms with Gasteiger partial charge in [-0.25, -0.2) is 9.59 Å². The Bertz CT molecular complexity index is 523. The molecule has 5 heteroatoms. The first-order valence-corrected chi connectivity index (χ1v) is 7.23. The van der Waals surface area contributed by atoms with E-state index in [2.05, 4.69) is 6.92 Å². The van der Waals surface area contributed by atoms with E-state index in [1.807, 2.05) is 6.92 Å². The maximum absolute atomic E-state index is 11.5. The van der Waals surface area contributed by atoms with Gasteiger partial charge in [0.05, 0.1) is 6.61 Å². The molecule has 0 unspecified atom stereocenters. The Labute approximate surface area is 129 Å². The van der Waals surface area contributed by atoms with Crippen molar-refractivity contribution >= 4 is 23.5 Å². The third-order valence-electron chi connectivity index (χ3n) is 2.70. The number of esters is 2. The molecule has 0 heterocycles. The Balaban J connectivity index is 2.40. The van der Waals surface area contributed by atoms with Crippen LogP contribution in [0.4, 0.5) is 0 Å². The fourth-order valence-electron chi connectivity index (χ4n) is 1.54. The average molecular weight is 311 g/mol. The van der Waals surface area contributed by atoms with Gasteiger partial charge in [0.2, 0.25) is 0 Å². The summed E-state index contributed by atoms with van der Waals surface area (Å²) in [5.41, 5.74) is 0.807. The van der Waals surface area contributed by atoms with Crippen molar-refractivity contribution in [3.8, 4) is 5.75 Å². The molecule has 0 aliphatic carbocycles. The highest BCUT2D eigenvalue weighted by Gasteiger charge is 2.04. The molecule has 0 saturated carbocycles. The molecule has 0 aliphatic rings. The van der Waals surface area contributed by atoms with Crippen molar-refractivity contribution in [1.82, 2.24) is 0 Å². The molecule has 0 N–H and O–H groups in total. The standard InChI is InChI=1S/C16H19ClO4/c1-3-4-5-10-20-15(18)8-9-16(19)21-13-6-7-14(17)12(2)11-13/h6-9,11H,3-5,10H2,1-2H3/b9-8+. The Morgan fingerprint density at radius 1 is 1.19 bits per heavy atom. The first-order valence-electron chi connectivity index (χ1n) is 6.85. The summed E-state index contributed by atoms with van der Waals surface area (Å²) in [6.07, 6.45) is 5.00. The van der Waals surface area contributed by atoms with E-state index in [1.165, 1.54) is 0 Å². The van der Waals surface area contributed by atoms with Crippen molar-refractivity contribution in [1.29, 1.82) is 0 Å². The second-order valence-corrected chi connectivity index (χ2v) is 4.95. The van der Waals surface area contributed by atoms with Crippen LogP contribution in [-0.4, -0.2) is 18.5 Å². The van der Waals surface area contributed by atoms with Crippen molar-refractivity contribution in [3.05, 3.63) is 40.9 Å². The predicted molar refractivity (Wildman–Crippen MR) is 81.4 cm³/mol. The molecule has 114 valence electrons. The predicted octanol–water partition coefficient (Wildman–Crippen LogP) is 3.84.